The topological polar surface area (TPSA) is 29.5 Å². The van der Waals surface area contributed by atoms with Gasteiger partial charge in [-0.1, -0.05) is 93.6 Å². The van der Waals surface area contributed by atoms with Crippen molar-refractivity contribution in [3.63, 3.8) is 0 Å². The molecule has 0 radical (unpaired) electrons. The molecule has 2 nitrogen and oxygen atoms in total. The summed E-state index contributed by atoms with van der Waals surface area (Å²) in [6, 6.07) is 27.6. The molecule has 0 aromatic heterocycles. The summed E-state index contributed by atoms with van der Waals surface area (Å²) in [7, 11) is -1.95. The zero-order valence-electron chi connectivity index (χ0n) is 18.5. The summed E-state index contributed by atoms with van der Waals surface area (Å²) in [5.41, 5.74) is 0.311. The fraction of sp³-hybridized carbons (Fsp3) is 0.333. The fourth-order valence-corrected chi connectivity index (χ4v) is 7.52. The summed E-state index contributed by atoms with van der Waals surface area (Å²) in [4.78, 5) is 0. The Balaban J connectivity index is 1.70. The Bertz CT molecular complexity index is 963. The highest BCUT2D eigenvalue weighted by Gasteiger charge is 2.61. The molecule has 0 saturated heterocycles. The van der Waals surface area contributed by atoms with Gasteiger partial charge in [0, 0.05) is 5.41 Å². The van der Waals surface area contributed by atoms with E-state index >= 15 is 0 Å². The molecule has 1 saturated carbocycles. The summed E-state index contributed by atoms with van der Waals surface area (Å²) in [5, 5.41) is 12.9. The summed E-state index contributed by atoms with van der Waals surface area (Å²) >= 11 is 0. The minimum absolute atomic E-state index is 0.0000435. The van der Waals surface area contributed by atoms with Crippen LogP contribution in [0.5, 0.6) is 0 Å². The zero-order valence-corrected chi connectivity index (χ0v) is 19.6. The monoisotopic (exact) mass is 434 g/mol. The van der Waals surface area contributed by atoms with Gasteiger partial charge in [0.25, 0.3) is 0 Å². The van der Waals surface area contributed by atoms with E-state index in [0.717, 1.165) is 12.0 Å². The second-order valence-electron chi connectivity index (χ2n) is 9.76. The predicted molar refractivity (Wildman–Crippen MR) is 127 cm³/mol. The second-order valence-corrected chi connectivity index (χ2v) is 12.1. The average molecular weight is 435 g/mol. The van der Waals surface area contributed by atoms with Crippen molar-refractivity contribution < 1.29 is 13.9 Å². The smallest absolute Gasteiger partial charge is 0.240 e. The van der Waals surface area contributed by atoms with E-state index in [1.165, 1.54) is 16.4 Å². The van der Waals surface area contributed by atoms with Gasteiger partial charge in [-0.2, -0.15) is 0 Å². The third-order valence-corrected chi connectivity index (χ3v) is 9.07. The SMILES string of the molecule is CC(C)(C)C(O[SiH](c1ccccc1)c1ccccc1)[C@@H]1C[C@@]1(CO)c1cccc(F)c1. The van der Waals surface area contributed by atoms with Crippen LogP contribution in [0.15, 0.2) is 84.9 Å². The summed E-state index contributed by atoms with van der Waals surface area (Å²) in [6.07, 6.45) is 0.750. The Hall–Kier alpha value is -2.27. The number of aliphatic hydroxyl groups excluding tert-OH is 1. The van der Waals surface area contributed by atoms with Gasteiger partial charge in [0.15, 0.2) is 0 Å². The summed E-state index contributed by atoms with van der Waals surface area (Å²) in [6.45, 7) is 6.60. The van der Waals surface area contributed by atoms with Gasteiger partial charge >= 0.3 is 0 Å². The molecule has 31 heavy (non-hydrogen) atoms. The lowest BCUT2D eigenvalue weighted by atomic mass is 9.82. The van der Waals surface area contributed by atoms with Crippen LogP contribution >= 0.6 is 0 Å². The molecule has 3 aromatic carbocycles. The molecule has 162 valence electrons. The van der Waals surface area contributed by atoms with Gasteiger partial charge < -0.3 is 9.53 Å². The molecule has 1 fully saturated rings. The highest BCUT2D eigenvalue weighted by atomic mass is 28.3. The number of rotatable bonds is 7. The van der Waals surface area contributed by atoms with Gasteiger partial charge in [0.2, 0.25) is 9.04 Å². The standard InChI is InChI=1S/C27H31FO2Si/c1-26(2,3)25(24-18-27(24,19-29)20-11-10-12-21(28)17-20)30-31(22-13-6-4-7-14-22)23-15-8-5-9-16-23/h4-17,24-25,29,31H,18-19H2,1-3H3/t24-,25?,27+/m0/s1. The highest BCUT2D eigenvalue weighted by molar-refractivity contribution is 6.80. The number of benzene rings is 3. The normalized spacial score (nSPS) is 21.8. The molecule has 0 bridgehead atoms. The van der Waals surface area contributed by atoms with Crippen LogP contribution in [0.3, 0.4) is 0 Å². The van der Waals surface area contributed by atoms with E-state index in [0.29, 0.717) is 0 Å². The Morgan fingerprint density at radius 3 is 2.03 bits per heavy atom. The van der Waals surface area contributed by atoms with Gasteiger partial charge in [-0.3, -0.25) is 0 Å². The van der Waals surface area contributed by atoms with Gasteiger partial charge in [0.1, 0.15) is 5.82 Å². The van der Waals surface area contributed by atoms with Crippen LogP contribution < -0.4 is 10.4 Å². The van der Waals surface area contributed by atoms with Crippen LogP contribution in [-0.4, -0.2) is 26.9 Å². The quantitative estimate of drug-likeness (QED) is 0.569. The van der Waals surface area contributed by atoms with Crippen LogP contribution in [0.4, 0.5) is 4.39 Å². The van der Waals surface area contributed by atoms with Crippen molar-refractivity contribution in [1.82, 2.24) is 0 Å². The molecular formula is C27H31FO2Si. The Labute approximate surface area is 186 Å². The Kier molecular flexibility index (Phi) is 6.15. The van der Waals surface area contributed by atoms with E-state index < -0.39 is 14.5 Å². The fourth-order valence-electron chi connectivity index (χ4n) is 4.79. The number of hydrogen-bond donors (Lipinski definition) is 1. The molecular weight excluding hydrogens is 403 g/mol. The van der Waals surface area contributed by atoms with E-state index in [9.17, 15) is 9.50 Å². The third kappa shape index (κ3) is 4.52. The van der Waals surface area contributed by atoms with Crippen molar-refractivity contribution >= 4 is 19.4 Å². The maximum Gasteiger partial charge on any atom is 0.240 e. The molecule has 3 aromatic rings. The van der Waals surface area contributed by atoms with E-state index in [1.807, 2.05) is 18.2 Å². The zero-order chi connectivity index (χ0) is 22.1. The van der Waals surface area contributed by atoms with Crippen LogP contribution in [0.25, 0.3) is 0 Å². The van der Waals surface area contributed by atoms with E-state index in [2.05, 4.69) is 69.3 Å². The molecule has 1 aliphatic carbocycles. The highest BCUT2D eigenvalue weighted by Crippen LogP contribution is 2.59. The van der Waals surface area contributed by atoms with Crippen molar-refractivity contribution in [3.05, 3.63) is 96.3 Å². The Morgan fingerprint density at radius 2 is 1.55 bits per heavy atom. The first-order chi connectivity index (χ1) is 14.8. The second kappa shape index (κ2) is 8.70. The maximum absolute atomic E-state index is 14.0. The lowest BCUT2D eigenvalue weighted by molar-refractivity contribution is 0.0564. The molecule has 0 heterocycles. The van der Waals surface area contributed by atoms with Crippen LogP contribution in [-0.2, 0) is 9.84 Å². The predicted octanol–water partition coefficient (Wildman–Crippen LogP) is 4.05. The molecule has 1 aliphatic rings. The minimum atomic E-state index is -1.95. The molecule has 4 heteroatoms. The van der Waals surface area contributed by atoms with Gasteiger partial charge in [-0.05, 0) is 45.8 Å². The van der Waals surface area contributed by atoms with Crippen molar-refractivity contribution in [3.8, 4) is 0 Å². The van der Waals surface area contributed by atoms with Crippen LogP contribution in [0, 0.1) is 17.2 Å². The maximum atomic E-state index is 14.0. The number of hydrogen-bond acceptors (Lipinski definition) is 2. The first-order valence-electron chi connectivity index (χ1n) is 11.0. The summed E-state index contributed by atoms with van der Waals surface area (Å²) in [5.74, 6) is -0.119. The molecule has 4 rings (SSSR count). The largest absolute Gasteiger partial charge is 0.407 e. The number of aliphatic hydroxyl groups is 1. The van der Waals surface area contributed by atoms with Crippen molar-refractivity contribution in [2.24, 2.45) is 11.3 Å². The third-order valence-electron chi connectivity index (χ3n) is 6.52. The molecule has 0 spiro atoms. The Morgan fingerprint density at radius 1 is 0.968 bits per heavy atom. The van der Waals surface area contributed by atoms with E-state index in [4.69, 9.17) is 4.43 Å². The first-order valence-corrected chi connectivity index (χ1v) is 12.6. The van der Waals surface area contributed by atoms with Crippen molar-refractivity contribution in [2.45, 2.75) is 38.7 Å². The van der Waals surface area contributed by atoms with Crippen molar-refractivity contribution in [1.29, 1.82) is 0 Å². The molecule has 1 unspecified atom stereocenters. The van der Waals surface area contributed by atoms with Crippen LogP contribution in [0.1, 0.15) is 32.8 Å². The lowest BCUT2D eigenvalue weighted by Gasteiger charge is -2.36. The summed E-state index contributed by atoms with van der Waals surface area (Å²) < 4.78 is 21.0. The minimum Gasteiger partial charge on any atom is -0.407 e. The van der Waals surface area contributed by atoms with Crippen molar-refractivity contribution in [2.75, 3.05) is 6.61 Å². The average Bonchev–Trinajstić information content (AvgIpc) is 3.50. The van der Waals surface area contributed by atoms with Gasteiger partial charge in [0.05, 0.1) is 12.7 Å². The van der Waals surface area contributed by atoms with E-state index in [-0.39, 0.29) is 29.9 Å². The molecule has 1 N–H and O–H groups in total. The van der Waals surface area contributed by atoms with Gasteiger partial charge in [-0.15, -0.1) is 0 Å². The van der Waals surface area contributed by atoms with E-state index in [1.54, 1.807) is 12.1 Å². The lowest BCUT2D eigenvalue weighted by Crippen LogP contribution is -2.51. The molecule has 3 atom stereocenters. The van der Waals surface area contributed by atoms with Crippen LogP contribution in [0.2, 0.25) is 0 Å². The molecule has 0 amide bonds. The number of halogens is 1. The van der Waals surface area contributed by atoms with Gasteiger partial charge in [-0.25, -0.2) is 4.39 Å². The molecule has 0 aliphatic heterocycles. The first kappa shape index (κ1) is 21.9.